The summed E-state index contributed by atoms with van der Waals surface area (Å²) in [4.78, 5) is 10.0. The first-order chi connectivity index (χ1) is 12.3. The average Bonchev–Trinajstić information content (AvgIpc) is 3.10. The molecule has 26 heavy (non-hydrogen) atoms. The number of hydrogen-bond acceptors (Lipinski definition) is 6. The van der Waals surface area contributed by atoms with Crippen LogP contribution in [0.3, 0.4) is 0 Å². The van der Waals surface area contributed by atoms with Gasteiger partial charge in [-0.3, -0.25) is 0 Å². The van der Waals surface area contributed by atoms with Gasteiger partial charge in [0.05, 0.1) is 11.9 Å². The molecule has 2 heterocycles. The fourth-order valence-electron chi connectivity index (χ4n) is 2.85. The summed E-state index contributed by atoms with van der Waals surface area (Å²) >= 11 is 11.9. The Morgan fingerprint density at radius 3 is 2.69 bits per heavy atom. The Morgan fingerprint density at radius 2 is 2.00 bits per heavy atom. The number of halogens is 2. The van der Waals surface area contributed by atoms with E-state index < -0.39 is 10.0 Å². The highest BCUT2D eigenvalue weighted by Crippen LogP contribution is 2.31. The number of para-hydroxylation sites is 1. The van der Waals surface area contributed by atoms with Crippen LogP contribution in [0.2, 0.25) is 10.3 Å². The number of likely N-dealkylation sites (N-methyl/N-ethyl adjacent to an activating group) is 1. The lowest BCUT2D eigenvalue weighted by Crippen LogP contribution is -2.34. The third kappa shape index (κ3) is 3.94. The number of hydrogen-bond donors (Lipinski definition) is 1. The summed E-state index contributed by atoms with van der Waals surface area (Å²) in [7, 11) is 0.257. The van der Waals surface area contributed by atoms with Gasteiger partial charge in [0.1, 0.15) is 9.92 Å². The van der Waals surface area contributed by atoms with Crippen molar-refractivity contribution in [3.05, 3.63) is 40.8 Å². The minimum Gasteiger partial charge on any atom is -0.338 e. The van der Waals surface area contributed by atoms with Gasteiger partial charge in [0.25, 0.3) is 0 Å². The molecule has 2 aromatic rings. The van der Waals surface area contributed by atoms with Gasteiger partial charge in [-0.2, -0.15) is 9.29 Å². The zero-order chi connectivity index (χ0) is 18.9. The van der Waals surface area contributed by atoms with E-state index in [2.05, 4.69) is 15.3 Å². The molecule has 0 unspecified atom stereocenters. The SMILES string of the molecule is CN(C)[C@H]1CCN(S(=O)(=O)c2ccccc2Nc2nc(Cl)ncc2Cl)C1. The molecule has 1 N–H and O–H groups in total. The van der Waals surface area contributed by atoms with E-state index in [0.717, 1.165) is 6.42 Å². The Hall–Kier alpha value is -1.45. The molecule has 7 nitrogen and oxygen atoms in total. The summed E-state index contributed by atoms with van der Waals surface area (Å²) in [6.45, 7) is 0.948. The van der Waals surface area contributed by atoms with Gasteiger partial charge in [-0.25, -0.2) is 13.4 Å². The summed E-state index contributed by atoms with van der Waals surface area (Å²) in [5, 5.41) is 3.23. The highest BCUT2D eigenvalue weighted by Gasteiger charge is 2.34. The standard InChI is InChI=1S/C16H19Cl2N5O2S/c1-22(2)11-7-8-23(10-11)26(24,25)14-6-4-3-5-13(14)20-15-12(17)9-19-16(18)21-15/h3-6,9,11H,7-8,10H2,1-2H3,(H,19,20,21)/t11-/m0/s1. The molecule has 0 saturated carbocycles. The number of nitrogens with one attached hydrogen (secondary N) is 1. The van der Waals surface area contributed by atoms with Crippen molar-refractivity contribution >= 4 is 44.7 Å². The minimum atomic E-state index is -3.65. The third-order valence-electron chi connectivity index (χ3n) is 4.33. The van der Waals surface area contributed by atoms with Crippen molar-refractivity contribution in [3.63, 3.8) is 0 Å². The van der Waals surface area contributed by atoms with Gasteiger partial charge < -0.3 is 10.2 Å². The van der Waals surface area contributed by atoms with Crippen LogP contribution >= 0.6 is 23.2 Å². The van der Waals surface area contributed by atoms with E-state index >= 15 is 0 Å². The maximum absolute atomic E-state index is 13.1. The molecule has 3 rings (SSSR count). The lowest BCUT2D eigenvalue weighted by Gasteiger charge is -2.21. The fourth-order valence-corrected chi connectivity index (χ4v) is 4.76. The number of anilines is 2. The minimum absolute atomic E-state index is 0.0191. The normalized spacial score (nSPS) is 18.4. The summed E-state index contributed by atoms with van der Waals surface area (Å²) in [5.74, 6) is 0.252. The molecule has 0 radical (unpaired) electrons. The Labute approximate surface area is 163 Å². The second-order valence-corrected chi connectivity index (χ2v) is 8.88. The van der Waals surface area contributed by atoms with Gasteiger partial charge in [0, 0.05) is 19.1 Å². The molecule has 1 fully saturated rings. The maximum atomic E-state index is 13.1. The molecule has 1 aromatic heterocycles. The quantitative estimate of drug-likeness (QED) is 0.756. The second kappa shape index (κ2) is 7.66. The molecule has 0 spiro atoms. The lowest BCUT2D eigenvalue weighted by molar-refractivity contribution is 0.302. The molecule has 0 aliphatic carbocycles. The fraction of sp³-hybridized carbons (Fsp3) is 0.375. The van der Waals surface area contributed by atoms with Crippen LogP contribution in [0.4, 0.5) is 11.5 Å². The monoisotopic (exact) mass is 415 g/mol. The van der Waals surface area contributed by atoms with Crippen molar-refractivity contribution in [2.24, 2.45) is 0 Å². The van der Waals surface area contributed by atoms with E-state index in [1.807, 2.05) is 19.0 Å². The number of sulfonamides is 1. The van der Waals surface area contributed by atoms with Crippen molar-refractivity contribution in [1.29, 1.82) is 0 Å². The average molecular weight is 416 g/mol. The van der Waals surface area contributed by atoms with Crippen LogP contribution in [-0.4, -0.2) is 60.8 Å². The highest BCUT2D eigenvalue weighted by atomic mass is 35.5. The van der Waals surface area contributed by atoms with Crippen molar-refractivity contribution < 1.29 is 8.42 Å². The van der Waals surface area contributed by atoms with Crippen LogP contribution in [0.25, 0.3) is 0 Å². The second-order valence-electron chi connectivity index (χ2n) is 6.23. The van der Waals surface area contributed by atoms with E-state index in [1.54, 1.807) is 24.3 Å². The van der Waals surface area contributed by atoms with Gasteiger partial charge in [0.2, 0.25) is 15.3 Å². The van der Waals surface area contributed by atoms with Crippen molar-refractivity contribution in [2.75, 3.05) is 32.5 Å². The van der Waals surface area contributed by atoms with Crippen LogP contribution in [0.5, 0.6) is 0 Å². The lowest BCUT2D eigenvalue weighted by atomic mass is 10.2. The molecule has 1 aliphatic heterocycles. The van der Waals surface area contributed by atoms with E-state index in [4.69, 9.17) is 23.2 Å². The largest absolute Gasteiger partial charge is 0.338 e. The van der Waals surface area contributed by atoms with Gasteiger partial charge in [0.15, 0.2) is 5.82 Å². The van der Waals surface area contributed by atoms with Crippen LogP contribution in [-0.2, 0) is 10.0 Å². The zero-order valence-corrected chi connectivity index (χ0v) is 16.7. The molecule has 1 aliphatic rings. The van der Waals surface area contributed by atoms with E-state index in [1.165, 1.54) is 10.5 Å². The van der Waals surface area contributed by atoms with Crippen molar-refractivity contribution in [2.45, 2.75) is 17.4 Å². The number of nitrogens with zero attached hydrogens (tertiary/aromatic N) is 4. The molecule has 10 heteroatoms. The third-order valence-corrected chi connectivity index (χ3v) is 6.71. The van der Waals surface area contributed by atoms with Crippen molar-refractivity contribution in [1.82, 2.24) is 19.2 Å². The molecule has 140 valence electrons. The van der Waals surface area contributed by atoms with E-state index in [-0.39, 0.29) is 27.1 Å². The van der Waals surface area contributed by atoms with Crippen LogP contribution in [0, 0.1) is 0 Å². The van der Waals surface area contributed by atoms with Crippen LogP contribution in [0.15, 0.2) is 35.4 Å². The summed E-state index contributed by atoms with van der Waals surface area (Å²) in [6.07, 6.45) is 2.16. The van der Waals surface area contributed by atoms with Crippen molar-refractivity contribution in [3.8, 4) is 0 Å². The van der Waals surface area contributed by atoms with Gasteiger partial charge in [-0.1, -0.05) is 23.7 Å². The number of aromatic nitrogens is 2. The molecule has 0 amide bonds. The van der Waals surface area contributed by atoms with Gasteiger partial charge in [-0.05, 0) is 44.2 Å². The predicted molar refractivity (Wildman–Crippen MR) is 103 cm³/mol. The van der Waals surface area contributed by atoms with E-state index in [9.17, 15) is 8.42 Å². The molecule has 0 bridgehead atoms. The smallest absolute Gasteiger partial charge is 0.245 e. The summed E-state index contributed by atoms with van der Waals surface area (Å²) < 4.78 is 27.8. The Morgan fingerprint density at radius 1 is 1.27 bits per heavy atom. The number of benzene rings is 1. The molecule has 1 aromatic carbocycles. The first kappa shape index (κ1) is 19.3. The zero-order valence-electron chi connectivity index (χ0n) is 14.4. The molecular weight excluding hydrogens is 397 g/mol. The Kier molecular flexibility index (Phi) is 5.69. The van der Waals surface area contributed by atoms with Gasteiger partial charge >= 0.3 is 0 Å². The summed E-state index contributed by atoms with van der Waals surface area (Å²) in [5.41, 5.74) is 0.387. The van der Waals surface area contributed by atoms with Gasteiger partial charge in [-0.15, -0.1) is 0 Å². The Bertz CT molecular complexity index is 907. The first-order valence-corrected chi connectivity index (χ1v) is 10.2. The highest BCUT2D eigenvalue weighted by molar-refractivity contribution is 7.89. The maximum Gasteiger partial charge on any atom is 0.245 e. The molecular formula is C16H19Cl2N5O2S. The number of rotatable bonds is 5. The molecule has 1 atom stereocenters. The molecule has 1 saturated heterocycles. The topological polar surface area (TPSA) is 78.4 Å². The first-order valence-electron chi connectivity index (χ1n) is 7.99. The van der Waals surface area contributed by atoms with Crippen LogP contribution in [0.1, 0.15) is 6.42 Å². The summed E-state index contributed by atoms with van der Waals surface area (Å²) in [6, 6.07) is 6.87. The van der Waals surface area contributed by atoms with Crippen LogP contribution < -0.4 is 5.32 Å². The predicted octanol–water partition coefficient (Wildman–Crippen LogP) is 2.85. The Balaban J connectivity index is 1.93. The van der Waals surface area contributed by atoms with E-state index in [0.29, 0.717) is 18.8 Å².